The highest BCUT2D eigenvalue weighted by atomic mass is 32.2. The van der Waals surface area contributed by atoms with Crippen LogP contribution in [0, 0.1) is 17.2 Å². The lowest BCUT2D eigenvalue weighted by atomic mass is 9.79. The molecule has 3 aliphatic heterocycles. The molecule has 3 aliphatic rings. The maximum Gasteiger partial charge on any atom is 0.275 e. The van der Waals surface area contributed by atoms with Crippen LogP contribution in [0.4, 0.5) is 0 Å². The highest BCUT2D eigenvalue weighted by Gasteiger charge is 2.54. The predicted molar refractivity (Wildman–Crippen MR) is 114 cm³/mol. The van der Waals surface area contributed by atoms with Gasteiger partial charge in [-0.1, -0.05) is 11.8 Å². The van der Waals surface area contributed by atoms with Crippen molar-refractivity contribution in [2.24, 2.45) is 16.6 Å². The smallest absolute Gasteiger partial charge is 0.275 e. The van der Waals surface area contributed by atoms with Crippen LogP contribution >= 0.6 is 23.5 Å². The molecular weight excluding hydrogens is 408 g/mol. The van der Waals surface area contributed by atoms with Crippen LogP contribution in [-0.2, 0) is 4.74 Å². The van der Waals surface area contributed by atoms with Gasteiger partial charge >= 0.3 is 0 Å². The molecule has 3 N–H and O–H groups in total. The van der Waals surface area contributed by atoms with E-state index in [1.165, 1.54) is 6.20 Å². The fraction of sp³-hybridized carbons (Fsp3) is 0.474. The average molecular weight is 431 g/mol. The normalized spacial score (nSPS) is 31.3. The first kappa shape index (κ1) is 20.1. The van der Waals surface area contributed by atoms with Crippen molar-refractivity contribution in [2.75, 3.05) is 19.4 Å². The molecule has 0 bridgehead atoms. The number of amidine groups is 1. The fourth-order valence-corrected chi connectivity index (χ4v) is 6.29. The summed E-state index contributed by atoms with van der Waals surface area (Å²) in [7, 11) is 1.94. The Morgan fingerprint density at radius 3 is 3.07 bits per heavy atom. The Kier molecular flexibility index (Phi) is 5.46. The van der Waals surface area contributed by atoms with Crippen LogP contribution < -0.4 is 11.1 Å². The third-order valence-electron chi connectivity index (χ3n) is 5.51. The number of nitrogens with zero attached hydrogens (tertiary/aromatic N) is 4. The lowest BCUT2D eigenvalue weighted by Crippen LogP contribution is -2.61. The van der Waals surface area contributed by atoms with Crippen molar-refractivity contribution in [2.45, 2.75) is 30.4 Å². The van der Waals surface area contributed by atoms with Crippen molar-refractivity contribution < 1.29 is 9.53 Å². The molecule has 4 rings (SSSR count). The number of aliphatic imine (C=N–C) groups is 1. The predicted octanol–water partition coefficient (Wildman–Crippen LogP) is 1.71. The molecule has 152 valence electrons. The number of thioether (sulfide) groups is 2. The number of amides is 1. The number of pyridine rings is 1. The lowest BCUT2D eigenvalue weighted by Gasteiger charge is -2.50. The number of nitrogens with two attached hydrogens (primary N) is 1. The van der Waals surface area contributed by atoms with Crippen LogP contribution in [0.25, 0.3) is 0 Å². The van der Waals surface area contributed by atoms with Gasteiger partial charge in [-0.25, -0.2) is 4.98 Å². The van der Waals surface area contributed by atoms with Gasteiger partial charge in [0.05, 0.1) is 18.3 Å². The highest BCUT2D eigenvalue weighted by Crippen LogP contribution is 2.48. The van der Waals surface area contributed by atoms with Crippen molar-refractivity contribution in [3.05, 3.63) is 40.8 Å². The van der Waals surface area contributed by atoms with E-state index >= 15 is 0 Å². The second-order valence-electron chi connectivity index (χ2n) is 7.41. The standard InChI is InChI=1S/C19H22N6O2S2/c1-11-5-13-8-29-18(21)24-19(13,10-27-11)17-25(2)15(9-28-17)23-16(26)14-4-3-12(6-20)7-22-14/h3-4,7,9,11,13,17H,5,8,10H2,1-2H3,(H2,21,24)(H,23,26)/t11-,13-,17?,19-/m0/s1. The summed E-state index contributed by atoms with van der Waals surface area (Å²) in [6, 6.07) is 5.12. The van der Waals surface area contributed by atoms with Gasteiger partial charge in [-0.3, -0.25) is 9.79 Å². The summed E-state index contributed by atoms with van der Waals surface area (Å²) < 4.78 is 6.01. The van der Waals surface area contributed by atoms with Crippen molar-refractivity contribution >= 4 is 34.6 Å². The Morgan fingerprint density at radius 1 is 1.52 bits per heavy atom. The molecule has 1 amide bonds. The van der Waals surface area contributed by atoms with E-state index in [4.69, 9.17) is 20.7 Å². The lowest BCUT2D eigenvalue weighted by molar-refractivity contribution is -0.0552. The fourth-order valence-electron chi connectivity index (χ4n) is 3.93. The molecule has 4 heterocycles. The van der Waals surface area contributed by atoms with Gasteiger partial charge in [-0.15, -0.1) is 11.8 Å². The maximum absolute atomic E-state index is 12.6. The SMILES string of the molecule is C[C@H]1C[C@H]2CSC(N)=N[C@@]2(C2SC=C(NC(=O)c3ccc(C#N)cn3)N2C)CO1. The van der Waals surface area contributed by atoms with Gasteiger partial charge < -0.3 is 20.7 Å². The van der Waals surface area contributed by atoms with E-state index in [9.17, 15) is 4.79 Å². The number of carbonyl (C=O) groups is 1. The van der Waals surface area contributed by atoms with Crippen molar-refractivity contribution in [1.82, 2.24) is 15.2 Å². The van der Waals surface area contributed by atoms with E-state index in [2.05, 4.69) is 17.2 Å². The largest absolute Gasteiger partial charge is 0.379 e. The molecule has 1 aromatic heterocycles. The Bertz CT molecular complexity index is 912. The number of hydrogen-bond acceptors (Lipinski definition) is 9. The van der Waals surface area contributed by atoms with Gasteiger partial charge in [0.25, 0.3) is 5.91 Å². The first-order valence-corrected chi connectivity index (χ1v) is 11.2. The molecule has 0 aromatic carbocycles. The van der Waals surface area contributed by atoms with Gasteiger partial charge in [-0.2, -0.15) is 5.26 Å². The monoisotopic (exact) mass is 430 g/mol. The molecule has 4 atom stereocenters. The van der Waals surface area contributed by atoms with Gasteiger partial charge in [-0.05, 0) is 25.5 Å². The minimum Gasteiger partial charge on any atom is -0.379 e. The molecule has 29 heavy (non-hydrogen) atoms. The van der Waals surface area contributed by atoms with E-state index in [1.807, 2.05) is 23.4 Å². The number of nitrogens with one attached hydrogen (secondary N) is 1. The molecular formula is C19H22N6O2S2. The summed E-state index contributed by atoms with van der Waals surface area (Å²) in [5, 5.41) is 14.3. The summed E-state index contributed by atoms with van der Waals surface area (Å²) in [6.45, 7) is 2.60. The Morgan fingerprint density at radius 2 is 2.34 bits per heavy atom. The van der Waals surface area contributed by atoms with Gasteiger partial charge in [0.1, 0.15) is 28.5 Å². The Labute approximate surface area is 178 Å². The van der Waals surface area contributed by atoms with Crippen LogP contribution in [0.3, 0.4) is 0 Å². The topological polar surface area (TPSA) is 117 Å². The summed E-state index contributed by atoms with van der Waals surface area (Å²) >= 11 is 3.22. The van der Waals surface area contributed by atoms with Crippen LogP contribution in [0.2, 0.25) is 0 Å². The maximum atomic E-state index is 12.6. The third-order valence-corrected chi connectivity index (χ3v) is 7.81. The first-order chi connectivity index (χ1) is 13.9. The molecule has 0 aliphatic carbocycles. The zero-order valence-corrected chi connectivity index (χ0v) is 17.8. The molecule has 0 saturated carbocycles. The quantitative estimate of drug-likeness (QED) is 0.744. The van der Waals surface area contributed by atoms with Gasteiger partial charge in [0.2, 0.25) is 0 Å². The second kappa shape index (κ2) is 7.89. The summed E-state index contributed by atoms with van der Waals surface area (Å²) in [4.78, 5) is 23.6. The number of likely N-dealkylation sites (N-methyl/N-ethyl adjacent to an activating group) is 1. The van der Waals surface area contributed by atoms with E-state index in [-0.39, 0.29) is 23.1 Å². The van der Waals surface area contributed by atoms with E-state index in [0.29, 0.717) is 29.1 Å². The number of nitriles is 1. The van der Waals surface area contributed by atoms with Crippen molar-refractivity contribution in [3.8, 4) is 6.07 Å². The van der Waals surface area contributed by atoms with E-state index in [1.54, 1.807) is 35.7 Å². The third kappa shape index (κ3) is 3.70. The number of aromatic nitrogens is 1. The second-order valence-corrected chi connectivity index (χ2v) is 9.40. The minimum absolute atomic E-state index is 0.0244. The van der Waals surface area contributed by atoms with Gasteiger partial charge in [0.15, 0.2) is 5.17 Å². The van der Waals surface area contributed by atoms with Crippen LogP contribution in [0.15, 0.2) is 34.6 Å². The molecule has 10 heteroatoms. The Balaban J connectivity index is 1.51. The minimum atomic E-state index is -0.447. The number of hydrogen-bond donors (Lipinski definition) is 2. The molecule has 1 fully saturated rings. The average Bonchev–Trinajstić information content (AvgIpc) is 3.09. The van der Waals surface area contributed by atoms with Crippen molar-refractivity contribution in [1.29, 1.82) is 5.26 Å². The zero-order valence-electron chi connectivity index (χ0n) is 16.2. The van der Waals surface area contributed by atoms with E-state index < -0.39 is 5.54 Å². The number of rotatable bonds is 3. The van der Waals surface area contributed by atoms with Crippen LogP contribution in [0.5, 0.6) is 0 Å². The number of fused-ring (bicyclic) bond motifs is 1. The molecule has 0 spiro atoms. The Hall–Kier alpha value is -2.22. The highest BCUT2D eigenvalue weighted by molar-refractivity contribution is 8.13. The number of ether oxygens (including phenoxy) is 1. The van der Waals surface area contributed by atoms with Crippen LogP contribution in [0.1, 0.15) is 29.4 Å². The first-order valence-electron chi connectivity index (χ1n) is 9.28. The summed E-state index contributed by atoms with van der Waals surface area (Å²) in [5.74, 6) is 1.64. The summed E-state index contributed by atoms with van der Waals surface area (Å²) in [5.41, 5.74) is 6.33. The summed E-state index contributed by atoms with van der Waals surface area (Å²) in [6.07, 6.45) is 2.53. The van der Waals surface area contributed by atoms with E-state index in [0.717, 1.165) is 12.2 Å². The number of carbonyl (C=O) groups excluding carboxylic acids is 1. The molecule has 1 unspecified atom stereocenters. The van der Waals surface area contributed by atoms with Crippen LogP contribution in [-0.4, -0.2) is 57.4 Å². The zero-order chi connectivity index (χ0) is 20.6. The van der Waals surface area contributed by atoms with Gasteiger partial charge in [0, 0.05) is 30.3 Å². The molecule has 8 nitrogen and oxygen atoms in total. The molecule has 1 saturated heterocycles. The molecule has 0 radical (unpaired) electrons. The van der Waals surface area contributed by atoms with Crippen molar-refractivity contribution in [3.63, 3.8) is 0 Å². The molecule has 1 aromatic rings.